The van der Waals surface area contributed by atoms with Crippen LogP contribution in [0.3, 0.4) is 0 Å². The first-order valence-electron chi connectivity index (χ1n) is 7.34. The fourth-order valence-corrected chi connectivity index (χ4v) is 2.90. The van der Waals surface area contributed by atoms with E-state index in [-0.39, 0.29) is 0 Å². The highest BCUT2D eigenvalue weighted by Crippen LogP contribution is 2.24. The molecule has 2 rings (SSSR count). The number of imidazole rings is 1. The standard InChI is InChI=1S/C16H23N3S/c1-2-3-4-7-10-17-15-9-6-5-8-14(15)13-20-16-18-11-12-19-16/h5-6,8-9,11-12,17H,2-4,7,10,13H2,1H3,(H,18,19). The predicted octanol–water partition coefficient (Wildman–Crippen LogP) is 4.69. The van der Waals surface area contributed by atoms with Gasteiger partial charge in [-0.15, -0.1) is 0 Å². The molecule has 0 bridgehead atoms. The van der Waals surface area contributed by atoms with Gasteiger partial charge in [-0.3, -0.25) is 0 Å². The van der Waals surface area contributed by atoms with Crippen molar-refractivity contribution >= 4 is 17.4 Å². The number of hydrogen-bond donors (Lipinski definition) is 2. The number of H-pyrrole nitrogens is 1. The van der Waals surface area contributed by atoms with E-state index in [1.807, 2.05) is 6.20 Å². The minimum absolute atomic E-state index is 0.936. The minimum atomic E-state index is 0.936. The molecule has 0 aliphatic rings. The summed E-state index contributed by atoms with van der Waals surface area (Å²) in [5.74, 6) is 0.936. The van der Waals surface area contributed by atoms with E-state index < -0.39 is 0 Å². The summed E-state index contributed by atoms with van der Waals surface area (Å²) in [4.78, 5) is 7.37. The molecule has 2 aromatic rings. The summed E-state index contributed by atoms with van der Waals surface area (Å²) in [6, 6.07) is 8.54. The number of thioether (sulfide) groups is 1. The van der Waals surface area contributed by atoms with Crippen LogP contribution in [0.25, 0.3) is 0 Å². The van der Waals surface area contributed by atoms with Gasteiger partial charge in [-0.05, 0) is 18.1 Å². The average Bonchev–Trinajstić information content (AvgIpc) is 2.99. The van der Waals surface area contributed by atoms with E-state index in [9.17, 15) is 0 Å². The smallest absolute Gasteiger partial charge is 0.165 e. The number of nitrogens with zero attached hydrogens (tertiary/aromatic N) is 1. The number of nitrogens with one attached hydrogen (secondary N) is 2. The molecule has 2 N–H and O–H groups in total. The molecule has 1 heterocycles. The summed E-state index contributed by atoms with van der Waals surface area (Å²) in [7, 11) is 0. The van der Waals surface area contributed by atoms with Crippen LogP contribution in [0, 0.1) is 0 Å². The van der Waals surface area contributed by atoms with Crippen molar-refractivity contribution in [3.8, 4) is 0 Å². The molecule has 0 spiro atoms. The topological polar surface area (TPSA) is 40.7 Å². The van der Waals surface area contributed by atoms with E-state index in [0.29, 0.717) is 0 Å². The second kappa shape index (κ2) is 8.69. The highest BCUT2D eigenvalue weighted by atomic mass is 32.2. The van der Waals surface area contributed by atoms with Gasteiger partial charge in [0.1, 0.15) is 0 Å². The van der Waals surface area contributed by atoms with E-state index in [2.05, 4.69) is 46.5 Å². The lowest BCUT2D eigenvalue weighted by atomic mass is 10.2. The Morgan fingerprint density at radius 2 is 2.10 bits per heavy atom. The van der Waals surface area contributed by atoms with Crippen LogP contribution in [0.15, 0.2) is 41.8 Å². The zero-order valence-corrected chi connectivity index (χ0v) is 12.9. The third kappa shape index (κ3) is 4.93. The highest BCUT2D eigenvalue weighted by Gasteiger charge is 2.03. The van der Waals surface area contributed by atoms with Crippen molar-refractivity contribution in [2.24, 2.45) is 0 Å². The zero-order valence-electron chi connectivity index (χ0n) is 12.1. The average molecular weight is 289 g/mol. The summed E-state index contributed by atoms with van der Waals surface area (Å²) in [5.41, 5.74) is 2.59. The van der Waals surface area contributed by atoms with E-state index in [1.165, 1.54) is 36.9 Å². The Kier molecular flexibility index (Phi) is 6.51. The maximum Gasteiger partial charge on any atom is 0.165 e. The molecule has 108 valence electrons. The predicted molar refractivity (Wildman–Crippen MR) is 87.2 cm³/mol. The van der Waals surface area contributed by atoms with Crippen LogP contribution in [0.5, 0.6) is 0 Å². The second-order valence-electron chi connectivity index (χ2n) is 4.83. The van der Waals surface area contributed by atoms with Crippen LogP contribution in [0.1, 0.15) is 38.2 Å². The van der Waals surface area contributed by atoms with Crippen molar-refractivity contribution in [3.63, 3.8) is 0 Å². The molecule has 1 aromatic carbocycles. The van der Waals surface area contributed by atoms with Crippen molar-refractivity contribution in [1.29, 1.82) is 0 Å². The minimum Gasteiger partial charge on any atom is -0.385 e. The lowest BCUT2D eigenvalue weighted by molar-refractivity contribution is 0.685. The molecule has 3 nitrogen and oxygen atoms in total. The van der Waals surface area contributed by atoms with E-state index >= 15 is 0 Å². The Labute approximate surface area is 125 Å². The molecule has 0 amide bonds. The van der Waals surface area contributed by atoms with Crippen LogP contribution in [-0.4, -0.2) is 16.5 Å². The Morgan fingerprint density at radius 1 is 1.20 bits per heavy atom. The first-order valence-corrected chi connectivity index (χ1v) is 8.32. The molecule has 0 aliphatic carbocycles. The van der Waals surface area contributed by atoms with Gasteiger partial charge in [0.25, 0.3) is 0 Å². The van der Waals surface area contributed by atoms with Gasteiger partial charge in [-0.1, -0.05) is 56.1 Å². The van der Waals surface area contributed by atoms with Crippen LogP contribution in [0.4, 0.5) is 5.69 Å². The molecule has 0 unspecified atom stereocenters. The molecule has 0 fully saturated rings. The zero-order chi connectivity index (χ0) is 14.0. The summed E-state index contributed by atoms with van der Waals surface area (Å²) in [6.45, 7) is 3.30. The summed E-state index contributed by atoms with van der Waals surface area (Å²) in [5, 5.41) is 4.53. The molecular weight excluding hydrogens is 266 g/mol. The van der Waals surface area contributed by atoms with E-state index in [0.717, 1.165) is 17.5 Å². The van der Waals surface area contributed by atoms with Crippen LogP contribution < -0.4 is 5.32 Å². The van der Waals surface area contributed by atoms with Gasteiger partial charge in [0.05, 0.1) is 0 Å². The van der Waals surface area contributed by atoms with Crippen LogP contribution in [0.2, 0.25) is 0 Å². The molecule has 0 radical (unpaired) electrons. The molecule has 1 aromatic heterocycles. The quantitative estimate of drug-likeness (QED) is 0.519. The molecular formula is C16H23N3S. The van der Waals surface area contributed by atoms with Gasteiger partial charge in [0.15, 0.2) is 5.16 Å². The third-order valence-corrected chi connectivity index (χ3v) is 4.15. The number of aromatic amines is 1. The number of anilines is 1. The molecule has 4 heteroatoms. The van der Waals surface area contributed by atoms with Gasteiger partial charge in [-0.25, -0.2) is 4.98 Å². The number of para-hydroxylation sites is 1. The first-order chi connectivity index (χ1) is 9.90. The SMILES string of the molecule is CCCCCCNc1ccccc1CSc1ncc[nH]1. The molecule has 0 saturated heterocycles. The second-order valence-corrected chi connectivity index (χ2v) is 5.79. The monoisotopic (exact) mass is 289 g/mol. The Hall–Kier alpha value is -1.42. The summed E-state index contributed by atoms with van der Waals surface area (Å²) >= 11 is 1.74. The third-order valence-electron chi connectivity index (χ3n) is 3.20. The van der Waals surface area contributed by atoms with Crippen molar-refractivity contribution in [3.05, 3.63) is 42.2 Å². The highest BCUT2D eigenvalue weighted by molar-refractivity contribution is 7.98. The largest absolute Gasteiger partial charge is 0.385 e. The van der Waals surface area contributed by atoms with E-state index in [1.54, 1.807) is 18.0 Å². The maximum absolute atomic E-state index is 4.24. The first kappa shape index (κ1) is 15.0. The number of benzene rings is 1. The van der Waals surface area contributed by atoms with Crippen molar-refractivity contribution in [1.82, 2.24) is 9.97 Å². The molecule has 0 atom stereocenters. The fourth-order valence-electron chi connectivity index (χ4n) is 2.07. The van der Waals surface area contributed by atoms with Crippen LogP contribution in [-0.2, 0) is 5.75 Å². The lowest BCUT2D eigenvalue weighted by Crippen LogP contribution is -2.03. The maximum atomic E-state index is 4.24. The number of unbranched alkanes of at least 4 members (excludes halogenated alkanes) is 3. The Bertz CT molecular complexity index is 482. The Balaban J connectivity index is 1.82. The van der Waals surface area contributed by atoms with Gasteiger partial charge in [-0.2, -0.15) is 0 Å². The van der Waals surface area contributed by atoms with Gasteiger partial charge in [0.2, 0.25) is 0 Å². The summed E-state index contributed by atoms with van der Waals surface area (Å²) < 4.78 is 0. The summed E-state index contributed by atoms with van der Waals surface area (Å²) in [6.07, 6.45) is 8.83. The number of aromatic nitrogens is 2. The van der Waals surface area contributed by atoms with E-state index in [4.69, 9.17) is 0 Å². The molecule has 0 aliphatic heterocycles. The Morgan fingerprint density at radius 3 is 2.90 bits per heavy atom. The van der Waals surface area contributed by atoms with Gasteiger partial charge >= 0.3 is 0 Å². The molecule has 0 saturated carbocycles. The number of hydrogen-bond acceptors (Lipinski definition) is 3. The lowest BCUT2D eigenvalue weighted by Gasteiger charge is -2.11. The van der Waals surface area contributed by atoms with Gasteiger partial charge < -0.3 is 10.3 Å². The number of rotatable bonds is 9. The fraction of sp³-hybridized carbons (Fsp3) is 0.438. The van der Waals surface area contributed by atoms with Crippen molar-refractivity contribution in [2.75, 3.05) is 11.9 Å². The van der Waals surface area contributed by atoms with Gasteiger partial charge in [0, 0.05) is 30.4 Å². The van der Waals surface area contributed by atoms with Crippen molar-refractivity contribution in [2.45, 2.75) is 43.5 Å². The van der Waals surface area contributed by atoms with Crippen LogP contribution >= 0.6 is 11.8 Å². The normalized spacial score (nSPS) is 10.7. The molecule has 20 heavy (non-hydrogen) atoms. The van der Waals surface area contributed by atoms with Crippen molar-refractivity contribution < 1.29 is 0 Å².